The number of fused-ring (bicyclic) bond motifs is 1. The van der Waals surface area contributed by atoms with Crippen molar-refractivity contribution >= 4 is 26.7 Å². The topological polar surface area (TPSA) is 30.2 Å². The summed E-state index contributed by atoms with van der Waals surface area (Å²) < 4.78 is 45.1. The second kappa shape index (κ2) is 5.28. The summed E-state index contributed by atoms with van der Waals surface area (Å²) >= 11 is 3.24. The van der Waals surface area contributed by atoms with E-state index in [0.29, 0.717) is 10.0 Å². The van der Waals surface area contributed by atoms with E-state index in [2.05, 4.69) is 20.3 Å². The van der Waals surface area contributed by atoms with Gasteiger partial charge in [-0.15, -0.1) is 0 Å². The molecule has 2 nitrogen and oxygen atoms in total. The van der Waals surface area contributed by atoms with E-state index in [1.807, 2.05) is 0 Å². The van der Waals surface area contributed by atoms with Crippen LogP contribution in [0.25, 0.3) is 21.9 Å². The Labute approximate surface area is 131 Å². The van der Waals surface area contributed by atoms with Gasteiger partial charge in [-0.3, -0.25) is 0 Å². The smallest absolute Gasteiger partial charge is 0.417 e. The van der Waals surface area contributed by atoms with Crippen LogP contribution in [0.4, 0.5) is 13.2 Å². The molecule has 0 aliphatic carbocycles. The van der Waals surface area contributed by atoms with Crippen molar-refractivity contribution in [1.82, 2.24) is 0 Å². The standard InChI is InChI=1S/C16H8BrF3O2/c17-10-5-3-4-9(8-10)13-11-6-1-2-7-12(11)15(21)22-14(13)16(18,19)20/h1-8H. The van der Waals surface area contributed by atoms with Crippen molar-refractivity contribution in [2.24, 2.45) is 0 Å². The van der Waals surface area contributed by atoms with Gasteiger partial charge in [-0.25, -0.2) is 4.79 Å². The quantitative estimate of drug-likeness (QED) is 0.587. The predicted octanol–water partition coefficient (Wildman–Crippen LogP) is 5.24. The molecule has 0 atom stereocenters. The van der Waals surface area contributed by atoms with Crippen molar-refractivity contribution in [2.45, 2.75) is 6.18 Å². The Morgan fingerprint density at radius 2 is 1.64 bits per heavy atom. The highest BCUT2D eigenvalue weighted by Crippen LogP contribution is 2.40. The van der Waals surface area contributed by atoms with Gasteiger partial charge in [0.2, 0.25) is 5.76 Å². The molecule has 2 aromatic carbocycles. The fraction of sp³-hybridized carbons (Fsp3) is 0.0625. The summed E-state index contributed by atoms with van der Waals surface area (Å²) in [7, 11) is 0. The van der Waals surface area contributed by atoms with Gasteiger partial charge in [0.15, 0.2) is 0 Å². The molecule has 112 valence electrons. The molecule has 0 bridgehead atoms. The molecule has 6 heteroatoms. The SMILES string of the molecule is O=c1oc(C(F)(F)F)c(-c2cccc(Br)c2)c2ccccc12. The number of halogens is 4. The van der Waals surface area contributed by atoms with Crippen molar-refractivity contribution in [2.75, 3.05) is 0 Å². The Balaban J connectivity index is 2.50. The van der Waals surface area contributed by atoms with E-state index in [-0.39, 0.29) is 16.3 Å². The van der Waals surface area contributed by atoms with Crippen LogP contribution in [0.15, 0.2) is 62.2 Å². The van der Waals surface area contributed by atoms with E-state index in [1.54, 1.807) is 36.4 Å². The van der Waals surface area contributed by atoms with E-state index < -0.39 is 17.6 Å². The minimum absolute atomic E-state index is 0.116. The molecule has 0 unspecified atom stereocenters. The molecule has 0 N–H and O–H groups in total. The summed E-state index contributed by atoms with van der Waals surface area (Å²) in [4.78, 5) is 11.8. The zero-order chi connectivity index (χ0) is 15.9. The van der Waals surface area contributed by atoms with Crippen LogP contribution in [-0.2, 0) is 6.18 Å². The average Bonchev–Trinajstić information content (AvgIpc) is 2.46. The lowest BCUT2D eigenvalue weighted by Gasteiger charge is -2.14. The van der Waals surface area contributed by atoms with Gasteiger partial charge >= 0.3 is 11.8 Å². The molecule has 22 heavy (non-hydrogen) atoms. The summed E-state index contributed by atoms with van der Waals surface area (Å²) in [6.07, 6.45) is -4.76. The first-order valence-electron chi connectivity index (χ1n) is 6.27. The minimum Gasteiger partial charge on any atom is -0.417 e. The Bertz CT molecular complexity index is 913. The maximum Gasteiger partial charge on any atom is 0.450 e. The third-order valence-electron chi connectivity index (χ3n) is 3.21. The summed E-state index contributed by atoms with van der Waals surface area (Å²) in [6, 6.07) is 12.5. The molecule has 3 aromatic rings. The van der Waals surface area contributed by atoms with Gasteiger partial charge in [-0.05, 0) is 23.8 Å². The lowest BCUT2D eigenvalue weighted by molar-refractivity contribution is -0.153. The highest BCUT2D eigenvalue weighted by molar-refractivity contribution is 9.10. The first kappa shape index (κ1) is 14.8. The molecule has 1 aromatic heterocycles. The number of hydrogen-bond donors (Lipinski definition) is 0. The minimum atomic E-state index is -4.76. The van der Waals surface area contributed by atoms with Gasteiger partial charge in [-0.1, -0.05) is 46.3 Å². The molecule has 0 aliphatic rings. The second-order valence-corrected chi connectivity index (χ2v) is 5.56. The summed E-state index contributed by atoms with van der Waals surface area (Å²) in [5, 5.41) is 0.328. The third kappa shape index (κ3) is 2.54. The van der Waals surface area contributed by atoms with Crippen molar-refractivity contribution in [3.05, 3.63) is 69.2 Å². The van der Waals surface area contributed by atoms with Crippen LogP contribution in [0.1, 0.15) is 5.76 Å². The van der Waals surface area contributed by atoms with Crippen molar-refractivity contribution in [1.29, 1.82) is 0 Å². The first-order chi connectivity index (χ1) is 10.4. The molecule has 0 spiro atoms. The fourth-order valence-corrected chi connectivity index (χ4v) is 2.73. The van der Waals surface area contributed by atoms with Crippen LogP contribution in [0.2, 0.25) is 0 Å². The Morgan fingerprint density at radius 1 is 0.955 bits per heavy atom. The molecular weight excluding hydrogens is 361 g/mol. The molecule has 0 saturated heterocycles. The number of rotatable bonds is 1. The monoisotopic (exact) mass is 368 g/mol. The Kier molecular flexibility index (Phi) is 3.56. The molecule has 1 heterocycles. The van der Waals surface area contributed by atoms with Gasteiger partial charge in [-0.2, -0.15) is 13.2 Å². The first-order valence-corrected chi connectivity index (χ1v) is 7.06. The van der Waals surface area contributed by atoms with Gasteiger partial charge in [0.1, 0.15) is 0 Å². The Hall–Kier alpha value is -2.08. The van der Waals surface area contributed by atoms with Crippen LogP contribution in [-0.4, -0.2) is 0 Å². The van der Waals surface area contributed by atoms with Gasteiger partial charge in [0.05, 0.1) is 5.39 Å². The summed E-state index contributed by atoms with van der Waals surface area (Å²) in [5.74, 6) is -1.28. The van der Waals surface area contributed by atoms with E-state index in [0.717, 1.165) is 0 Å². The van der Waals surface area contributed by atoms with Crippen molar-refractivity contribution in [3.63, 3.8) is 0 Å². The number of hydrogen-bond acceptors (Lipinski definition) is 2. The largest absolute Gasteiger partial charge is 0.450 e. The van der Waals surface area contributed by atoms with Crippen LogP contribution in [0.3, 0.4) is 0 Å². The number of benzene rings is 2. The maximum absolute atomic E-state index is 13.3. The van der Waals surface area contributed by atoms with E-state index in [4.69, 9.17) is 0 Å². The van der Waals surface area contributed by atoms with E-state index in [1.165, 1.54) is 12.1 Å². The summed E-state index contributed by atoms with van der Waals surface area (Å²) in [5.41, 5.74) is -0.813. The molecule has 0 amide bonds. The highest BCUT2D eigenvalue weighted by Gasteiger charge is 2.39. The third-order valence-corrected chi connectivity index (χ3v) is 3.70. The van der Waals surface area contributed by atoms with Crippen LogP contribution in [0, 0.1) is 0 Å². The second-order valence-electron chi connectivity index (χ2n) is 4.65. The molecule has 0 saturated carbocycles. The summed E-state index contributed by atoms with van der Waals surface area (Å²) in [6.45, 7) is 0. The zero-order valence-corrected chi connectivity index (χ0v) is 12.5. The maximum atomic E-state index is 13.3. The number of alkyl halides is 3. The molecule has 0 fully saturated rings. The van der Waals surface area contributed by atoms with E-state index >= 15 is 0 Å². The van der Waals surface area contributed by atoms with Crippen LogP contribution >= 0.6 is 15.9 Å². The van der Waals surface area contributed by atoms with Gasteiger partial charge in [0.25, 0.3) is 0 Å². The Morgan fingerprint density at radius 3 is 2.27 bits per heavy atom. The van der Waals surface area contributed by atoms with Crippen LogP contribution < -0.4 is 5.63 Å². The lowest BCUT2D eigenvalue weighted by atomic mass is 9.98. The lowest BCUT2D eigenvalue weighted by Crippen LogP contribution is -2.13. The van der Waals surface area contributed by atoms with E-state index in [9.17, 15) is 18.0 Å². The van der Waals surface area contributed by atoms with Gasteiger partial charge < -0.3 is 4.42 Å². The zero-order valence-electron chi connectivity index (χ0n) is 10.9. The normalized spacial score (nSPS) is 11.8. The van der Waals surface area contributed by atoms with Crippen molar-refractivity contribution < 1.29 is 17.6 Å². The van der Waals surface area contributed by atoms with Crippen molar-refractivity contribution in [3.8, 4) is 11.1 Å². The highest BCUT2D eigenvalue weighted by atomic mass is 79.9. The molecular formula is C16H8BrF3O2. The molecule has 3 rings (SSSR count). The average molecular weight is 369 g/mol. The fourth-order valence-electron chi connectivity index (χ4n) is 2.33. The predicted molar refractivity (Wildman–Crippen MR) is 80.6 cm³/mol. The van der Waals surface area contributed by atoms with Crippen LogP contribution in [0.5, 0.6) is 0 Å². The molecule has 0 aliphatic heterocycles. The molecule has 0 radical (unpaired) electrons. The van der Waals surface area contributed by atoms with Gasteiger partial charge in [0, 0.05) is 15.4 Å².